The lowest BCUT2D eigenvalue weighted by molar-refractivity contribution is -0.187. The summed E-state index contributed by atoms with van der Waals surface area (Å²) in [5.74, 6) is -1.50. The van der Waals surface area contributed by atoms with E-state index in [0.717, 1.165) is 13.2 Å². The Kier molecular flexibility index (Phi) is 7.34. The van der Waals surface area contributed by atoms with Gasteiger partial charge < -0.3 is 30.3 Å². The largest absolute Gasteiger partial charge is 0.479 e. The zero-order valence-electron chi connectivity index (χ0n) is 10.6. The van der Waals surface area contributed by atoms with Crippen LogP contribution in [0.4, 0.5) is 0 Å². The van der Waals surface area contributed by atoms with Crippen LogP contribution in [0.3, 0.4) is 0 Å². The van der Waals surface area contributed by atoms with Gasteiger partial charge in [0.1, 0.15) is 6.10 Å². The van der Waals surface area contributed by atoms with E-state index >= 15 is 0 Å². The second kappa shape index (κ2) is 7.65. The van der Waals surface area contributed by atoms with Crippen LogP contribution in [0.25, 0.3) is 0 Å². The van der Waals surface area contributed by atoms with Gasteiger partial charge in [-0.15, -0.1) is 0 Å². The van der Waals surface area contributed by atoms with Gasteiger partial charge >= 0.3 is 5.97 Å². The first-order valence-electron chi connectivity index (χ1n) is 5.86. The van der Waals surface area contributed by atoms with E-state index in [-0.39, 0.29) is 0 Å². The average molecular weight is 266 g/mol. The molecule has 7 heteroatoms. The Bertz CT molecular complexity index is 242. The zero-order chi connectivity index (χ0) is 14.3. The molecule has 0 bridgehead atoms. The Labute approximate surface area is 106 Å². The van der Waals surface area contributed by atoms with Crippen molar-refractivity contribution in [3.05, 3.63) is 0 Å². The number of ether oxygens (including phenoxy) is 1. The van der Waals surface area contributed by atoms with E-state index in [4.69, 9.17) is 25.2 Å². The molecule has 0 heterocycles. The predicted octanol–water partition coefficient (Wildman–Crippen LogP) is -1.28. The summed E-state index contributed by atoms with van der Waals surface area (Å²) >= 11 is 0. The van der Waals surface area contributed by atoms with Crippen molar-refractivity contribution >= 4 is 5.97 Å². The number of aliphatic hydroxyl groups excluding tert-OH is 3. The molecule has 5 N–H and O–H groups in total. The van der Waals surface area contributed by atoms with Gasteiger partial charge in [-0.1, -0.05) is 0 Å². The summed E-state index contributed by atoms with van der Waals surface area (Å²) < 4.78 is 4.83. The summed E-state index contributed by atoms with van der Waals surface area (Å²) in [6.45, 7) is 5.67. The Hall–Kier alpha value is -0.730. The van der Waals surface area contributed by atoms with Gasteiger partial charge in [-0.05, 0) is 13.8 Å². The molecule has 7 nitrogen and oxygen atoms in total. The first-order chi connectivity index (χ1) is 8.28. The molecule has 0 radical (unpaired) electrons. The molecular weight excluding hydrogens is 244 g/mol. The number of carbonyl (C=O) groups is 1. The first-order valence-corrected chi connectivity index (χ1v) is 5.86. The lowest BCUT2D eigenvalue weighted by atomic mass is 9.80. The molecule has 0 saturated heterocycles. The van der Waals surface area contributed by atoms with Crippen LogP contribution in [0.15, 0.2) is 0 Å². The van der Waals surface area contributed by atoms with Crippen LogP contribution >= 0.6 is 0 Å². The third-order valence-electron chi connectivity index (χ3n) is 2.69. The van der Waals surface area contributed by atoms with Crippen molar-refractivity contribution in [2.24, 2.45) is 0 Å². The highest BCUT2D eigenvalue weighted by atomic mass is 16.5. The Morgan fingerprint density at radius 1 is 1.17 bits per heavy atom. The van der Waals surface area contributed by atoms with E-state index < -0.39 is 42.7 Å². The predicted molar refractivity (Wildman–Crippen MR) is 62.0 cm³/mol. The fourth-order valence-electron chi connectivity index (χ4n) is 1.65. The first kappa shape index (κ1) is 17.3. The molecule has 0 amide bonds. The average Bonchev–Trinajstić information content (AvgIpc) is 2.27. The van der Waals surface area contributed by atoms with E-state index in [2.05, 4.69) is 0 Å². The fraction of sp³-hybridized carbons (Fsp3) is 0.909. The maximum atomic E-state index is 10.5. The maximum Gasteiger partial charge on any atom is 0.335 e. The van der Waals surface area contributed by atoms with Crippen LogP contribution in [0.5, 0.6) is 0 Å². The molecule has 1 unspecified atom stereocenters. The minimum atomic E-state index is -2.14. The number of rotatable bonds is 3. The summed E-state index contributed by atoms with van der Waals surface area (Å²) in [6, 6.07) is 0. The van der Waals surface area contributed by atoms with Crippen molar-refractivity contribution in [1.82, 2.24) is 0 Å². The molecule has 1 aliphatic carbocycles. The van der Waals surface area contributed by atoms with Crippen molar-refractivity contribution in [3.63, 3.8) is 0 Å². The molecule has 4 atom stereocenters. The normalized spacial score (nSPS) is 35.6. The van der Waals surface area contributed by atoms with Gasteiger partial charge in [-0.2, -0.15) is 0 Å². The zero-order valence-corrected chi connectivity index (χ0v) is 10.6. The lowest BCUT2D eigenvalue weighted by Gasteiger charge is -2.37. The molecule has 1 aliphatic rings. The van der Waals surface area contributed by atoms with Crippen molar-refractivity contribution in [3.8, 4) is 0 Å². The highest BCUT2D eigenvalue weighted by Crippen LogP contribution is 2.29. The lowest BCUT2D eigenvalue weighted by Crippen LogP contribution is -2.56. The van der Waals surface area contributed by atoms with E-state index in [1.54, 1.807) is 0 Å². The van der Waals surface area contributed by atoms with E-state index in [1.165, 1.54) is 0 Å². The topological polar surface area (TPSA) is 127 Å². The van der Waals surface area contributed by atoms with Gasteiger partial charge in [0.25, 0.3) is 0 Å². The van der Waals surface area contributed by atoms with Crippen LogP contribution in [-0.4, -0.2) is 68.6 Å². The molecule has 108 valence electrons. The highest BCUT2D eigenvalue weighted by Gasteiger charge is 2.48. The number of hydrogen-bond donors (Lipinski definition) is 5. The van der Waals surface area contributed by atoms with Gasteiger partial charge in [-0.3, -0.25) is 0 Å². The van der Waals surface area contributed by atoms with E-state index in [1.807, 2.05) is 13.8 Å². The van der Waals surface area contributed by atoms with Gasteiger partial charge in [-0.25, -0.2) is 4.79 Å². The monoisotopic (exact) mass is 266 g/mol. The van der Waals surface area contributed by atoms with Gasteiger partial charge in [0.05, 0.1) is 12.2 Å². The van der Waals surface area contributed by atoms with Gasteiger partial charge in [0.2, 0.25) is 0 Å². The highest BCUT2D eigenvalue weighted by molar-refractivity contribution is 5.77. The smallest absolute Gasteiger partial charge is 0.335 e. The molecule has 0 spiro atoms. The molecule has 0 aliphatic heterocycles. The van der Waals surface area contributed by atoms with Crippen LogP contribution in [0.1, 0.15) is 26.7 Å². The number of aliphatic carboxylic acids is 1. The van der Waals surface area contributed by atoms with Gasteiger partial charge in [0, 0.05) is 26.1 Å². The Balaban J connectivity index is 0.000000494. The second-order valence-electron chi connectivity index (χ2n) is 4.15. The van der Waals surface area contributed by atoms with Crippen molar-refractivity contribution in [2.75, 3.05) is 13.2 Å². The third-order valence-corrected chi connectivity index (χ3v) is 2.69. The summed E-state index contributed by atoms with van der Waals surface area (Å²) in [4.78, 5) is 10.5. The number of hydrogen-bond acceptors (Lipinski definition) is 6. The standard InChI is InChI=1S/C7H12O6.C4H10O/c8-3-1-7(13,6(11)12)2-4(9)5(3)10;1-3-5-4-2/h3-5,8-10,13H,1-2H2,(H,11,12);3-4H2,1-2H3/t3-,4?,5-,7+;/m1./s1. The second-order valence-corrected chi connectivity index (χ2v) is 4.15. The minimum Gasteiger partial charge on any atom is -0.479 e. The number of carboxylic acids is 1. The quantitative estimate of drug-likeness (QED) is 0.430. The SMILES string of the molecule is CCOCC.O=C(O)[C@@]1(O)CC(O)[C@H](O)[C@H](O)C1. The summed E-state index contributed by atoms with van der Waals surface area (Å²) in [7, 11) is 0. The van der Waals surface area contributed by atoms with Crippen molar-refractivity contribution in [1.29, 1.82) is 0 Å². The van der Waals surface area contributed by atoms with Crippen LogP contribution in [0, 0.1) is 0 Å². The minimum absolute atomic E-state index is 0.472. The molecule has 1 rings (SSSR count). The molecule has 18 heavy (non-hydrogen) atoms. The van der Waals surface area contributed by atoms with E-state index in [9.17, 15) is 9.90 Å². The molecule has 0 aromatic heterocycles. The van der Waals surface area contributed by atoms with Crippen molar-refractivity contribution in [2.45, 2.75) is 50.6 Å². The van der Waals surface area contributed by atoms with Crippen molar-refractivity contribution < 1.29 is 35.1 Å². The molecule has 1 fully saturated rings. The Morgan fingerprint density at radius 3 is 1.78 bits per heavy atom. The molecule has 0 aromatic rings. The summed E-state index contributed by atoms with van der Waals surface area (Å²) in [5.41, 5.74) is -2.14. The molecular formula is C11H22O7. The third kappa shape index (κ3) is 4.87. The van der Waals surface area contributed by atoms with Gasteiger partial charge in [0.15, 0.2) is 5.60 Å². The fourth-order valence-corrected chi connectivity index (χ4v) is 1.65. The molecule has 0 aromatic carbocycles. The summed E-state index contributed by atoms with van der Waals surface area (Å²) in [5, 5.41) is 45.2. The molecule has 1 saturated carbocycles. The van der Waals surface area contributed by atoms with Crippen LogP contribution in [0.2, 0.25) is 0 Å². The Morgan fingerprint density at radius 2 is 1.56 bits per heavy atom. The summed E-state index contributed by atoms with van der Waals surface area (Å²) in [6.07, 6.45) is -5.16. The number of aliphatic hydroxyl groups is 4. The van der Waals surface area contributed by atoms with Crippen LogP contribution < -0.4 is 0 Å². The van der Waals surface area contributed by atoms with Crippen LogP contribution in [-0.2, 0) is 9.53 Å². The number of carboxylic acid groups (broad SMARTS) is 1. The van der Waals surface area contributed by atoms with E-state index in [0.29, 0.717) is 0 Å². The maximum absolute atomic E-state index is 10.5.